The molecule has 0 aliphatic carbocycles. The van der Waals surface area contributed by atoms with E-state index in [1.807, 2.05) is 0 Å². The maximum atomic E-state index is 10.9. The summed E-state index contributed by atoms with van der Waals surface area (Å²) in [7, 11) is -8.71. The maximum absolute atomic E-state index is 10.9. The zero-order valence-corrected chi connectivity index (χ0v) is 10.2. The molecule has 0 fully saturated rings. The van der Waals surface area contributed by atoms with Crippen molar-refractivity contribution in [1.82, 2.24) is 4.83 Å². The van der Waals surface area contributed by atoms with E-state index in [9.17, 15) is 16.8 Å². The fourth-order valence-electron chi connectivity index (χ4n) is 1.14. The average molecular weight is 282 g/mol. The smallest absolute Gasteiger partial charge is 0.306 e. The molecule has 1 aromatic rings. The maximum Gasteiger partial charge on any atom is 0.350 e. The van der Waals surface area contributed by atoms with Gasteiger partial charge in [-0.2, -0.15) is 16.8 Å². The zero-order valence-electron chi connectivity index (χ0n) is 8.58. The monoisotopic (exact) mass is 282 g/mol. The molecule has 1 aromatic carbocycles. The summed E-state index contributed by atoms with van der Waals surface area (Å²) in [5.41, 5.74) is 2.56. The predicted molar refractivity (Wildman–Crippen MR) is 59.3 cm³/mol. The first-order valence-electron chi connectivity index (χ1n) is 4.18. The van der Waals surface area contributed by atoms with Gasteiger partial charge in [-0.15, -0.1) is 4.83 Å². The summed E-state index contributed by atoms with van der Waals surface area (Å²) in [6.07, 6.45) is 0. The Balaban J connectivity index is 2.98. The lowest BCUT2D eigenvalue weighted by Crippen LogP contribution is -2.28. The zero-order chi connectivity index (χ0) is 13.3. The van der Waals surface area contributed by atoms with Gasteiger partial charge in [0.15, 0.2) is 0 Å². The first-order chi connectivity index (χ1) is 7.59. The fraction of sp³-hybridized carbons (Fsp3) is 0.143. The summed E-state index contributed by atoms with van der Waals surface area (Å²) in [5.74, 6) is 0. The minimum atomic E-state index is -4.40. The lowest BCUT2D eigenvalue weighted by Gasteiger charge is -2.08. The summed E-state index contributed by atoms with van der Waals surface area (Å²) in [6.45, 7) is 1.42. The van der Waals surface area contributed by atoms with Gasteiger partial charge in [-0.1, -0.05) is 0 Å². The van der Waals surface area contributed by atoms with Crippen molar-refractivity contribution in [1.29, 1.82) is 0 Å². The van der Waals surface area contributed by atoms with E-state index in [0.717, 1.165) is 6.07 Å². The third-order valence-corrected chi connectivity index (χ3v) is 3.15. The summed E-state index contributed by atoms with van der Waals surface area (Å²) in [6, 6.07) is 3.59. The van der Waals surface area contributed by atoms with Gasteiger partial charge in [0.1, 0.15) is 0 Å². The molecule has 0 aliphatic rings. The molecule has 96 valence electrons. The lowest BCUT2D eigenvalue weighted by molar-refractivity contribution is 0.472. The Bertz CT molecular complexity index is 622. The molecule has 4 N–H and O–H groups in total. The van der Waals surface area contributed by atoms with Gasteiger partial charge in [-0.05, 0) is 30.7 Å². The van der Waals surface area contributed by atoms with Crippen LogP contribution in [0.4, 0.5) is 5.69 Å². The predicted octanol–water partition coefficient (Wildman–Crippen LogP) is -0.0390. The Morgan fingerprint density at radius 3 is 2.12 bits per heavy atom. The topological polar surface area (TPSA) is 133 Å². The molecule has 0 saturated heterocycles. The van der Waals surface area contributed by atoms with E-state index in [1.54, 1.807) is 4.83 Å². The molecule has 0 spiro atoms. The van der Waals surface area contributed by atoms with Crippen LogP contribution in [0.1, 0.15) is 5.56 Å². The highest BCUT2D eigenvalue weighted by molar-refractivity contribution is 7.86. The second-order valence-corrected chi connectivity index (χ2v) is 5.70. The number of hydrogen-bond acceptors (Lipinski definition) is 5. The second kappa shape index (κ2) is 4.58. The minimum Gasteiger partial charge on any atom is -0.306 e. The average Bonchev–Trinajstić information content (AvgIpc) is 2.11. The molecule has 1 rings (SSSR count). The first kappa shape index (κ1) is 13.9. The Morgan fingerprint density at radius 2 is 1.71 bits per heavy atom. The van der Waals surface area contributed by atoms with Gasteiger partial charge in [-0.3, -0.25) is 9.11 Å². The molecule has 0 unspecified atom stereocenters. The van der Waals surface area contributed by atoms with Crippen LogP contribution in [0.25, 0.3) is 0 Å². The van der Waals surface area contributed by atoms with Crippen LogP contribution in [0.15, 0.2) is 23.1 Å². The van der Waals surface area contributed by atoms with Gasteiger partial charge >= 0.3 is 10.3 Å². The summed E-state index contributed by atoms with van der Waals surface area (Å²) in [5, 5.41) is 0. The molecule has 0 atom stereocenters. The molecule has 0 saturated carbocycles. The van der Waals surface area contributed by atoms with Crippen LogP contribution in [-0.4, -0.2) is 25.9 Å². The number of rotatable bonds is 4. The number of anilines is 1. The number of hydrazine groups is 1. The van der Waals surface area contributed by atoms with Gasteiger partial charge in [0.05, 0.1) is 10.6 Å². The second-order valence-electron chi connectivity index (χ2n) is 3.16. The van der Waals surface area contributed by atoms with E-state index < -0.39 is 20.4 Å². The first-order valence-corrected chi connectivity index (χ1v) is 7.06. The van der Waals surface area contributed by atoms with Gasteiger partial charge < -0.3 is 5.43 Å². The Morgan fingerprint density at radius 1 is 1.12 bits per heavy atom. The summed E-state index contributed by atoms with van der Waals surface area (Å²) in [4.78, 5) is 1.31. The Hall–Kier alpha value is -1.20. The molecule has 0 aromatic heterocycles. The van der Waals surface area contributed by atoms with Crippen LogP contribution in [0, 0.1) is 6.92 Å². The van der Waals surface area contributed by atoms with Crippen molar-refractivity contribution in [2.75, 3.05) is 5.43 Å². The number of benzene rings is 1. The molecular formula is C7H10N2O6S2. The highest BCUT2D eigenvalue weighted by Gasteiger charge is 2.13. The van der Waals surface area contributed by atoms with Gasteiger partial charge in [0.25, 0.3) is 10.1 Å². The standard InChI is InChI=1S/C7H10N2O6S2/c1-5-4-6(8-9-17(13,14)15)2-3-7(5)16(10,11)12/h2-4,8-9H,1H3,(H,10,11,12)(H,13,14,15). The minimum absolute atomic E-state index is 0.201. The largest absolute Gasteiger partial charge is 0.350 e. The van der Waals surface area contributed by atoms with Crippen LogP contribution < -0.4 is 10.3 Å². The summed E-state index contributed by atoms with van der Waals surface area (Å²) < 4.78 is 59.7. The molecule has 10 heteroatoms. The van der Waals surface area contributed by atoms with E-state index in [0.29, 0.717) is 0 Å². The van der Waals surface area contributed by atoms with Crippen molar-refractivity contribution in [3.63, 3.8) is 0 Å². The number of aryl methyl sites for hydroxylation is 1. The molecule has 0 amide bonds. The highest BCUT2D eigenvalue weighted by Crippen LogP contribution is 2.18. The van der Waals surface area contributed by atoms with E-state index in [4.69, 9.17) is 9.11 Å². The van der Waals surface area contributed by atoms with Crippen molar-refractivity contribution in [2.24, 2.45) is 0 Å². The van der Waals surface area contributed by atoms with Crippen LogP contribution in [0.2, 0.25) is 0 Å². The molecule has 0 aliphatic heterocycles. The quantitative estimate of drug-likeness (QED) is 0.450. The molecule has 0 bridgehead atoms. The molecule has 8 nitrogen and oxygen atoms in total. The van der Waals surface area contributed by atoms with Crippen LogP contribution >= 0.6 is 0 Å². The van der Waals surface area contributed by atoms with E-state index in [2.05, 4.69) is 5.43 Å². The lowest BCUT2D eigenvalue weighted by atomic mass is 10.2. The van der Waals surface area contributed by atoms with Crippen molar-refractivity contribution in [2.45, 2.75) is 11.8 Å². The van der Waals surface area contributed by atoms with Crippen molar-refractivity contribution >= 4 is 26.1 Å². The van der Waals surface area contributed by atoms with E-state index >= 15 is 0 Å². The fourth-order valence-corrected chi connectivity index (χ4v) is 2.09. The number of nitrogens with one attached hydrogen (secondary N) is 2. The van der Waals surface area contributed by atoms with Crippen LogP contribution in [0.5, 0.6) is 0 Å². The van der Waals surface area contributed by atoms with Crippen molar-refractivity contribution in [3.05, 3.63) is 23.8 Å². The van der Waals surface area contributed by atoms with Crippen molar-refractivity contribution in [3.8, 4) is 0 Å². The van der Waals surface area contributed by atoms with Gasteiger partial charge in [-0.25, -0.2) is 0 Å². The molecule has 0 heterocycles. The van der Waals surface area contributed by atoms with Crippen LogP contribution in [0.3, 0.4) is 0 Å². The normalized spacial score (nSPS) is 12.4. The van der Waals surface area contributed by atoms with E-state index in [-0.39, 0.29) is 16.1 Å². The van der Waals surface area contributed by atoms with Gasteiger partial charge in [0, 0.05) is 0 Å². The number of hydrogen-bond donors (Lipinski definition) is 4. The van der Waals surface area contributed by atoms with Crippen molar-refractivity contribution < 1.29 is 25.9 Å². The molecule has 17 heavy (non-hydrogen) atoms. The van der Waals surface area contributed by atoms with Gasteiger partial charge in [0.2, 0.25) is 0 Å². The van der Waals surface area contributed by atoms with Crippen LogP contribution in [-0.2, 0) is 20.4 Å². The third kappa shape index (κ3) is 4.28. The SMILES string of the molecule is Cc1cc(NNS(=O)(=O)O)ccc1S(=O)(=O)O. The third-order valence-electron chi connectivity index (χ3n) is 1.78. The Labute approximate surface area is 98.3 Å². The highest BCUT2D eigenvalue weighted by atomic mass is 32.2. The molecular weight excluding hydrogens is 272 g/mol. The Kier molecular flexibility index (Phi) is 3.74. The van der Waals surface area contributed by atoms with E-state index in [1.165, 1.54) is 19.1 Å². The molecule has 0 radical (unpaired) electrons. The summed E-state index contributed by atoms with van der Waals surface area (Å²) >= 11 is 0.